The van der Waals surface area contributed by atoms with Gasteiger partial charge in [-0.3, -0.25) is 4.98 Å². The van der Waals surface area contributed by atoms with Crippen LogP contribution in [0.25, 0.3) is 11.4 Å². The maximum atomic E-state index is 13.6. The van der Waals surface area contributed by atoms with Crippen LogP contribution in [0.2, 0.25) is 0 Å². The summed E-state index contributed by atoms with van der Waals surface area (Å²) in [5, 5.41) is 14.9. The number of hydrogen-bond donors (Lipinski definition) is 3. The lowest BCUT2D eigenvalue weighted by Gasteiger charge is -2.22. The summed E-state index contributed by atoms with van der Waals surface area (Å²) in [6, 6.07) is 8.98. The van der Waals surface area contributed by atoms with Crippen molar-refractivity contribution in [2.75, 3.05) is 24.4 Å². The number of carbonyl (C=O) groups excluding carboxylic acids is 1. The molecule has 0 bridgehead atoms. The van der Waals surface area contributed by atoms with Crippen LogP contribution in [0, 0.1) is 6.92 Å². The highest BCUT2D eigenvalue weighted by Gasteiger charge is 2.38. The molecule has 0 aliphatic rings. The van der Waals surface area contributed by atoms with Gasteiger partial charge in [-0.05, 0) is 57.5 Å². The number of aromatic nitrogens is 4. The number of urea groups is 1. The Morgan fingerprint density at radius 1 is 0.977 bits per heavy atom. The summed E-state index contributed by atoms with van der Waals surface area (Å²) >= 11 is 0. The molecule has 0 fully saturated rings. The maximum absolute atomic E-state index is 13.6. The predicted molar refractivity (Wildman–Crippen MR) is 156 cm³/mol. The standard InChI is InChI=1S/C30H31F3N6O5/c1-6-43-24-11-19(13-36-27(24)44-16-18-7-9-21(42-5)10-8-18)26-35-15-23(17(2)37-26)39-28(40)38-20-12-22(30(31,32)33)25(34-14-20)29(3,4)41/h7-15,41H,6,16H2,1-5H3,(H2,38,39,40). The van der Waals surface area contributed by atoms with Crippen LogP contribution >= 0.6 is 0 Å². The molecular weight excluding hydrogens is 581 g/mol. The first-order chi connectivity index (χ1) is 20.8. The number of hydrogen-bond acceptors (Lipinski definition) is 9. The minimum atomic E-state index is -4.80. The first-order valence-corrected chi connectivity index (χ1v) is 13.4. The van der Waals surface area contributed by atoms with E-state index < -0.39 is 29.1 Å². The Kier molecular flexibility index (Phi) is 9.53. The topological polar surface area (TPSA) is 141 Å². The number of methoxy groups -OCH3 is 1. The number of ether oxygens (including phenoxy) is 3. The van der Waals surface area contributed by atoms with E-state index in [1.54, 1.807) is 20.1 Å². The van der Waals surface area contributed by atoms with Crippen molar-refractivity contribution < 1.29 is 37.3 Å². The Labute approximate surface area is 251 Å². The van der Waals surface area contributed by atoms with Crippen molar-refractivity contribution in [3.05, 3.63) is 77.5 Å². The van der Waals surface area contributed by atoms with Crippen molar-refractivity contribution in [3.8, 4) is 28.8 Å². The van der Waals surface area contributed by atoms with Crippen LogP contribution in [-0.2, 0) is 18.4 Å². The number of halogens is 3. The quantitative estimate of drug-likeness (QED) is 0.193. The van der Waals surface area contributed by atoms with Gasteiger partial charge in [0.15, 0.2) is 11.6 Å². The summed E-state index contributed by atoms with van der Waals surface area (Å²) in [6.45, 7) is 6.46. The summed E-state index contributed by atoms with van der Waals surface area (Å²) < 4.78 is 57.5. The molecule has 0 atom stereocenters. The molecule has 4 rings (SSSR count). The number of anilines is 2. The van der Waals surface area contributed by atoms with Crippen molar-refractivity contribution in [3.63, 3.8) is 0 Å². The van der Waals surface area contributed by atoms with E-state index in [-0.39, 0.29) is 23.9 Å². The van der Waals surface area contributed by atoms with Crippen molar-refractivity contribution in [1.82, 2.24) is 19.9 Å². The van der Waals surface area contributed by atoms with E-state index in [1.807, 2.05) is 31.2 Å². The lowest BCUT2D eigenvalue weighted by Crippen LogP contribution is -2.25. The summed E-state index contributed by atoms with van der Waals surface area (Å²) in [6.07, 6.45) is -0.873. The zero-order valence-electron chi connectivity index (χ0n) is 24.6. The molecule has 0 saturated carbocycles. The van der Waals surface area contributed by atoms with E-state index in [2.05, 4.69) is 30.6 Å². The first-order valence-electron chi connectivity index (χ1n) is 13.4. The van der Waals surface area contributed by atoms with Gasteiger partial charge in [0.05, 0.1) is 54.4 Å². The third kappa shape index (κ3) is 7.89. The van der Waals surface area contributed by atoms with E-state index in [9.17, 15) is 23.1 Å². The summed E-state index contributed by atoms with van der Waals surface area (Å²) in [7, 11) is 1.59. The van der Waals surface area contributed by atoms with E-state index >= 15 is 0 Å². The summed E-state index contributed by atoms with van der Waals surface area (Å²) in [4.78, 5) is 29.5. The number of benzene rings is 1. The number of nitrogens with one attached hydrogen (secondary N) is 2. The molecule has 3 heterocycles. The number of amides is 2. The lowest BCUT2D eigenvalue weighted by atomic mass is 9.98. The second-order valence-corrected chi connectivity index (χ2v) is 10.0. The third-order valence-electron chi connectivity index (χ3n) is 6.17. The number of nitrogens with zero attached hydrogens (tertiary/aromatic N) is 4. The molecule has 2 amide bonds. The van der Waals surface area contributed by atoms with Gasteiger partial charge in [0.25, 0.3) is 5.88 Å². The molecule has 0 saturated heterocycles. The molecule has 11 nitrogen and oxygen atoms in total. The van der Waals surface area contributed by atoms with Gasteiger partial charge < -0.3 is 30.0 Å². The molecule has 3 aromatic heterocycles. The van der Waals surface area contributed by atoms with Gasteiger partial charge in [-0.2, -0.15) is 13.2 Å². The molecule has 3 N–H and O–H groups in total. The van der Waals surface area contributed by atoms with E-state index in [4.69, 9.17) is 14.2 Å². The molecule has 14 heteroatoms. The Hall–Kier alpha value is -4.98. The average molecular weight is 613 g/mol. The summed E-state index contributed by atoms with van der Waals surface area (Å²) in [5.41, 5.74) is -1.74. The fourth-order valence-corrected chi connectivity index (χ4v) is 4.05. The second-order valence-electron chi connectivity index (χ2n) is 10.0. The third-order valence-corrected chi connectivity index (χ3v) is 6.17. The van der Waals surface area contributed by atoms with Gasteiger partial charge in [-0.15, -0.1) is 0 Å². The van der Waals surface area contributed by atoms with Crippen LogP contribution in [0.1, 0.15) is 43.3 Å². The molecule has 0 radical (unpaired) electrons. The van der Waals surface area contributed by atoms with Crippen LogP contribution in [0.3, 0.4) is 0 Å². The Morgan fingerprint density at radius 2 is 1.70 bits per heavy atom. The fourth-order valence-electron chi connectivity index (χ4n) is 4.05. The molecule has 0 spiro atoms. The van der Waals surface area contributed by atoms with Crippen molar-refractivity contribution in [1.29, 1.82) is 0 Å². The number of alkyl halides is 3. The Morgan fingerprint density at radius 3 is 2.32 bits per heavy atom. The maximum Gasteiger partial charge on any atom is 0.418 e. The molecule has 0 aliphatic heterocycles. The second kappa shape index (κ2) is 13.1. The van der Waals surface area contributed by atoms with Gasteiger partial charge in [0.2, 0.25) is 0 Å². The lowest BCUT2D eigenvalue weighted by molar-refractivity contribution is -0.140. The molecule has 0 aliphatic carbocycles. The zero-order chi connectivity index (χ0) is 32.1. The van der Waals surface area contributed by atoms with Crippen LogP contribution in [-0.4, -0.2) is 44.8 Å². The molecule has 1 aromatic carbocycles. The highest BCUT2D eigenvalue weighted by Crippen LogP contribution is 2.37. The Balaban J connectivity index is 1.47. The van der Waals surface area contributed by atoms with Crippen molar-refractivity contribution >= 4 is 17.4 Å². The van der Waals surface area contributed by atoms with Crippen LogP contribution in [0.15, 0.2) is 55.0 Å². The normalized spacial score (nSPS) is 11.6. The van der Waals surface area contributed by atoms with Gasteiger partial charge in [-0.25, -0.2) is 19.7 Å². The number of aliphatic hydroxyl groups is 1. The highest BCUT2D eigenvalue weighted by molar-refractivity contribution is 6.00. The monoisotopic (exact) mass is 612 g/mol. The Bertz CT molecular complexity index is 1630. The minimum Gasteiger partial charge on any atom is -0.497 e. The van der Waals surface area contributed by atoms with Crippen molar-refractivity contribution in [2.45, 2.75) is 46.1 Å². The molecular formula is C30H31F3N6O5. The molecule has 4 aromatic rings. The smallest absolute Gasteiger partial charge is 0.418 e. The zero-order valence-corrected chi connectivity index (χ0v) is 24.6. The van der Waals surface area contributed by atoms with Gasteiger partial charge in [0, 0.05) is 11.8 Å². The van der Waals surface area contributed by atoms with E-state index in [0.29, 0.717) is 35.5 Å². The number of rotatable bonds is 10. The molecule has 232 valence electrons. The van der Waals surface area contributed by atoms with Gasteiger partial charge in [0.1, 0.15) is 18.0 Å². The van der Waals surface area contributed by atoms with E-state index in [0.717, 1.165) is 17.5 Å². The first kappa shape index (κ1) is 31.9. The number of carbonyl (C=O) groups is 1. The van der Waals surface area contributed by atoms with Crippen LogP contribution in [0.5, 0.6) is 17.4 Å². The van der Waals surface area contributed by atoms with Gasteiger partial charge in [-0.1, -0.05) is 12.1 Å². The fraction of sp³-hybridized carbons (Fsp3) is 0.300. The SMILES string of the molecule is CCOc1cc(-c2ncc(NC(=O)Nc3cnc(C(C)(C)O)c(C(F)(F)F)c3)c(C)n2)cnc1OCc1ccc(OC)cc1. The minimum absolute atomic E-state index is 0.221. The number of aryl methyl sites for hydroxylation is 1. The largest absolute Gasteiger partial charge is 0.497 e. The van der Waals surface area contributed by atoms with Crippen LogP contribution in [0.4, 0.5) is 29.3 Å². The van der Waals surface area contributed by atoms with Crippen molar-refractivity contribution in [2.24, 2.45) is 0 Å². The predicted octanol–water partition coefficient (Wildman–Crippen LogP) is 6.12. The average Bonchev–Trinajstić information content (AvgIpc) is 2.97. The number of pyridine rings is 2. The van der Waals surface area contributed by atoms with Crippen LogP contribution < -0.4 is 24.8 Å². The van der Waals surface area contributed by atoms with Gasteiger partial charge >= 0.3 is 12.2 Å². The molecule has 44 heavy (non-hydrogen) atoms. The molecule has 0 unspecified atom stereocenters. The van der Waals surface area contributed by atoms with E-state index in [1.165, 1.54) is 26.2 Å². The highest BCUT2D eigenvalue weighted by atomic mass is 19.4. The summed E-state index contributed by atoms with van der Waals surface area (Å²) in [5.74, 6) is 1.71.